The van der Waals surface area contributed by atoms with E-state index in [1.54, 1.807) is 12.2 Å². The first-order valence-corrected chi connectivity index (χ1v) is 13.3. The zero-order chi connectivity index (χ0) is 24.1. The van der Waals surface area contributed by atoms with Crippen LogP contribution in [0.1, 0.15) is 90.4 Å². The molecule has 0 heterocycles. The Morgan fingerprint density at radius 3 is 1.85 bits per heavy atom. The lowest BCUT2D eigenvalue weighted by molar-refractivity contribution is -0.116. The molecule has 0 radical (unpaired) electrons. The number of allylic oxidation sites excluding steroid dienone is 9. The van der Waals surface area contributed by atoms with Crippen LogP contribution in [-0.4, -0.2) is 32.1 Å². The van der Waals surface area contributed by atoms with E-state index in [9.17, 15) is 4.79 Å². The van der Waals surface area contributed by atoms with E-state index < -0.39 is 0 Å². The second kappa shape index (κ2) is 28.1. The highest BCUT2D eigenvalue weighted by Gasteiger charge is 1.94. The van der Waals surface area contributed by atoms with E-state index in [1.807, 2.05) is 30.4 Å². The molecular formula is C29H51N3O. The Labute approximate surface area is 204 Å². The van der Waals surface area contributed by atoms with Gasteiger partial charge < -0.3 is 16.4 Å². The van der Waals surface area contributed by atoms with Crippen LogP contribution in [0.2, 0.25) is 0 Å². The number of rotatable bonds is 23. The highest BCUT2D eigenvalue weighted by Crippen LogP contribution is 2.10. The Balaban J connectivity index is 3.55. The quantitative estimate of drug-likeness (QED) is 0.0929. The van der Waals surface area contributed by atoms with Crippen LogP contribution >= 0.6 is 0 Å². The van der Waals surface area contributed by atoms with Gasteiger partial charge in [-0.2, -0.15) is 0 Å². The third kappa shape index (κ3) is 28.1. The Kier molecular flexibility index (Phi) is 26.5. The van der Waals surface area contributed by atoms with Gasteiger partial charge in [0.1, 0.15) is 0 Å². The summed E-state index contributed by atoms with van der Waals surface area (Å²) >= 11 is 0. The lowest BCUT2D eigenvalue weighted by atomic mass is 10.1. The van der Waals surface area contributed by atoms with E-state index in [2.05, 4.69) is 35.8 Å². The fourth-order valence-electron chi connectivity index (χ4n) is 3.27. The molecule has 0 spiro atoms. The van der Waals surface area contributed by atoms with Crippen LogP contribution in [0.15, 0.2) is 60.8 Å². The number of hydrogen-bond acceptors (Lipinski definition) is 3. The molecule has 0 rings (SSSR count). The minimum Gasteiger partial charge on any atom is -0.353 e. The van der Waals surface area contributed by atoms with Crippen molar-refractivity contribution in [1.82, 2.24) is 10.6 Å². The standard InChI is InChI=1S/C29H51N3O/c1-2-3-4-5-6-7-8-9-10-11-12-13-14-15-16-17-18-19-20-24-29(33)32-28-22-21-26-31-27-23-25-30/h12-20,24,31H,2-11,21-23,25-28,30H2,1H3,(H,32,33). The van der Waals surface area contributed by atoms with Gasteiger partial charge >= 0.3 is 0 Å². The van der Waals surface area contributed by atoms with Crippen LogP contribution in [0, 0.1) is 0 Å². The van der Waals surface area contributed by atoms with Gasteiger partial charge in [0.15, 0.2) is 0 Å². The van der Waals surface area contributed by atoms with Gasteiger partial charge in [0.2, 0.25) is 5.91 Å². The molecule has 0 aromatic heterocycles. The predicted octanol–water partition coefficient (Wildman–Crippen LogP) is 6.52. The monoisotopic (exact) mass is 457 g/mol. The van der Waals surface area contributed by atoms with E-state index >= 15 is 0 Å². The van der Waals surface area contributed by atoms with E-state index in [0.717, 1.165) is 38.9 Å². The average Bonchev–Trinajstić information content (AvgIpc) is 2.82. The molecule has 0 atom stereocenters. The SMILES string of the molecule is CCCCCCCCCCCC=CC=CC=CC=CC=CC(=O)NCCCCNCCCN. The third-order valence-corrected chi connectivity index (χ3v) is 5.27. The first kappa shape index (κ1) is 31.1. The van der Waals surface area contributed by atoms with Crippen LogP contribution < -0.4 is 16.4 Å². The van der Waals surface area contributed by atoms with Gasteiger partial charge in [-0.3, -0.25) is 4.79 Å². The molecule has 4 nitrogen and oxygen atoms in total. The number of nitrogens with one attached hydrogen (secondary N) is 2. The van der Waals surface area contributed by atoms with Gasteiger partial charge in [-0.1, -0.05) is 113 Å². The van der Waals surface area contributed by atoms with Gasteiger partial charge in [-0.15, -0.1) is 0 Å². The molecule has 0 unspecified atom stereocenters. The van der Waals surface area contributed by atoms with E-state index in [4.69, 9.17) is 5.73 Å². The number of hydrogen-bond donors (Lipinski definition) is 3. The summed E-state index contributed by atoms with van der Waals surface area (Å²) < 4.78 is 0. The molecule has 0 aliphatic heterocycles. The minimum absolute atomic E-state index is 0.0447. The topological polar surface area (TPSA) is 67.2 Å². The van der Waals surface area contributed by atoms with Crippen molar-refractivity contribution in [3.63, 3.8) is 0 Å². The molecule has 0 fully saturated rings. The maximum Gasteiger partial charge on any atom is 0.243 e. The van der Waals surface area contributed by atoms with Gasteiger partial charge in [-0.05, 0) is 51.7 Å². The summed E-state index contributed by atoms with van der Waals surface area (Å²) in [4.78, 5) is 11.7. The average molecular weight is 458 g/mol. The summed E-state index contributed by atoms with van der Waals surface area (Å²) in [6, 6.07) is 0. The maximum absolute atomic E-state index is 11.7. The summed E-state index contributed by atoms with van der Waals surface area (Å²) in [5.41, 5.74) is 5.44. The molecule has 0 saturated carbocycles. The Bertz CT molecular complexity index is 561. The van der Waals surface area contributed by atoms with Crippen LogP contribution in [0.4, 0.5) is 0 Å². The molecule has 0 aromatic carbocycles. The smallest absolute Gasteiger partial charge is 0.243 e. The zero-order valence-electron chi connectivity index (χ0n) is 21.3. The van der Waals surface area contributed by atoms with E-state index in [-0.39, 0.29) is 5.91 Å². The summed E-state index contributed by atoms with van der Waals surface area (Å²) in [5.74, 6) is -0.0447. The predicted molar refractivity (Wildman–Crippen MR) is 146 cm³/mol. The molecule has 1 amide bonds. The highest BCUT2D eigenvalue weighted by atomic mass is 16.1. The summed E-state index contributed by atoms with van der Waals surface area (Å²) in [6.07, 6.45) is 36.2. The third-order valence-electron chi connectivity index (χ3n) is 5.27. The van der Waals surface area contributed by atoms with Crippen LogP contribution in [0.3, 0.4) is 0 Å². The molecular weight excluding hydrogens is 406 g/mol. The van der Waals surface area contributed by atoms with Gasteiger partial charge in [0.05, 0.1) is 0 Å². The second-order valence-electron chi connectivity index (χ2n) is 8.45. The first-order chi connectivity index (χ1) is 16.3. The lowest BCUT2D eigenvalue weighted by Crippen LogP contribution is -2.24. The first-order valence-electron chi connectivity index (χ1n) is 13.3. The molecule has 0 aromatic rings. The van der Waals surface area contributed by atoms with Gasteiger partial charge in [0, 0.05) is 12.6 Å². The molecule has 0 aliphatic rings. The van der Waals surface area contributed by atoms with Crippen LogP contribution in [0.5, 0.6) is 0 Å². The molecule has 0 aliphatic carbocycles. The largest absolute Gasteiger partial charge is 0.353 e. The zero-order valence-corrected chi connectivity index (χ0v) is 21.3. The number of unbranched alkanes of at least 4 members (excludes halogenated alkanes) is 10. The van der Waals surface area contributed by atoms with E-state index in [0.29, 0.717) is 6.54 Å². The maximum atomic E-state index is 11.7. The van der Waals surface area contributed by atoms with Crippen molar-refractivity contribution in [3.05, 3.63) is 60.8 Å². The number of carbonyl (C=O) groups is 1. The summed E-state index contributed by atoms with van der Waals surface area (Å²) in [5, 5.41) is 6.23. The normalized spacial score (nSPS) is 12.4. The second-order valence-corrected chi connectivity index (χ2v) is 8.45. The molecule has 188 valence electrons. The van der Waals surface area contributed by atoms with Crippen molar-refractivity contribution >= 4 is 5.91 Å². The van der Waals surface area contributed by atoms with Crippen molar-refractivity contribution in [2.24, 2.45) is 5.73 Å². The lowest BCUT2D eigenvalue weighted by Gasteiger charge is -2.04. The molecule has 33 heavy (non-hydrogen) atoms. The molecule has 0 bridgehead atoms. The number of amides is 1. The summed E-state index contributed by atoms with van der Waals surface area (Å²) in [6.45, 7) is 5.66. The van der Waals surface area contributed by atoms with Crippen molar-refractivity contribution < 1.29 is 4.79 Å². The number of carbonyl (C=O) groups excluding carboxylic acids is 1. The molecule has 0 saturated heterocycles. The van der Waals surface area contributed by atoms with Crippen molar-refractivity contribution in [1.29, 1.82) is 0 Å². The Hall–Kier alpha value is -1.91. The Morgan fingerprint density at radius 1 is 0.636 bits per heavy atom. The van der Waals surface area contributed by atoms with Crippen molar-refractivity contribution in [2.45, 2.75) is 90.4 Å². The highest BCUT2D eigenvalue weighted by molar-refractivity contribution is 5.87. The Morgan fingerprint density at radius 2 is 1.18 bits per heavy atom. The van der Waals surface area contributed by atoms with Crippen LogP contribution in [-0.2, 0) is 4.79 Å². The fourth-order valence-corrected chi connectivity index (χ4v) is 3.27. The fraction of sp³-hybridized carbons (Fsp3) is 0.621. The molecule has 4 N–H and O–H groups in total. The summed E-state index contributed by atoms with van der Waals surface area (Å²) in [7, 11) is 0. The van der Waals surface area contributed by atoms with Crippen molar-refractivity contribution in [2.75, 3.05) is 26.2 Å². The van der Waals surface area contributed by atoms with Gasteiger partial charge in [-0.25, -0.2) is 0 Å². The van der Waals surface area contributed by atoms with Gasteiger partial charge in [0.25, 0.3) is 0 Å². The van der Waals surface area contributed by atoms with Crippen molar-refractivity contribution in [3.8, 4) is 0 Å². The van der Waals surface area contributed by atoms with Crippen LogP contribution in [0.25, 0.3) is 0 Å². The van der Waals surface area contributed by atoms with E-state index in [1.165, 1.54) is 64.2 Å². The minimum atomic E-state index is -0.0447. The molecule has 4 heteroatoms. The number of nitrogens with two attached hydrogens (primary N) is 1.